The van der Waals surface area contributed by atoms with Gasteiger partial charge in [-0.15, -0.1) is 11.3 Å². The zero-order valence-electron chi connectivity index (χ0n) is 14.5. The Kier molecular flexibility index (Phi) is 4.76. The number of fused-ring (bicyclic) bond motifs is 1. The van der Waals surface area contributed by atoms with Crippen LogP contribution in [0.2, 0.25) is 5.02 Å². The fraction of sp³-hybridized carbons (Fsp3) is 0. The van der Waals surface area contributed by atoms with Crippen molar-refractivity contribution in [3.8, 4) is 17.4 Å². The second kappa shape index (κ2) is 7.39. The highest BCUT2D eigenvalue weighted by Crippen LogP contribution is 2.35. The van der Waals surface area contributed by atoms with Gasteiger partial charge in [-0.05, 0) is 30.3 Å². The van der Waals surface area contributed by atoms with E-state index in [1.165, 1.54) is 35.6 Å². The lowest BCUT2D eigenvalue weighted by Crippen LogP contribution is -1.89. The number of benzene rings is 2. The molecule has 4 aromatic rings. The zero-order chi connectivity index (χ0) is 20.5. The summed E-state index contributed by atoms with van der Waals surface area (Å²) in [6, 6.07) is 16.4. The third-order valence-corrected chi connectivity index (χ3v) is 5.49. The molecule has 4 rings (SSSR count). The lowest BCUT2D eigenvalue weighted by molar-refractivity contribution is -0.384. The Morgan fingerprint density at radius 3 is 2.72 bits per heavy atom. The van der Waals surface area contributed by atoms with E-state index in [0.717, 1.165) is 10.2 Å². The average molecular weight is 424 g/mol. The summed E-state index contributed by atoms with van der Waals surface area (Å²) in [4.78, 5) is 14.7. The second-order valence-corrected chi connectivity index (χ2v) is 7.35. The predicted molar refractivity (Wildman–Crippen MR) is 110 cm³/mol. The summed E-state index contributed by atoms with van der Waals surface area (Å²) in [6.07, 6.45) is 0. The van der Waals surface area contributed by atoms with Gasteiger partial charge in [0, 0.05) is 17.7 Å². The van der Waals surface area contributed by atoms with E-state index < -0.39 is 4.92 Å². The van der Waals surface area contributed by atoms with Gasteiger partial charge >= 0.3 is 0 Å². The van der Waals surface area contributed by atoms with Crippen LogP contribution in [0.4, 0.5) is 5.69 Å². The summed E-state index contributed by atoms with van der Waals surface area (Å²) < 4.78 is 6.54. The number of rotatable bonds is 4. The number of nitro groups is 1. The molecule has 142 valence electrons. The van der Waals surface area contributed by atoms with Crippen molar-refractivity contribution in [2.45, 2.75) is 0 Å². The van der Waals surface area contributed by atoms with Gasteiger partial charge in [-0.2, -0.15) is 5.26 Å². The Morgan fingerprint density at radius 1 is 1.24 bits per heavy atom. The molecule has 7 nitrogen and oxygen atoms in total. The molecule has 29 heavy (non-hydrogen) atoms. The third kappa shape index (κ3) is 3.45. The summed E-state index contributed by atoms with van der Waals surface area (Å²) in [6.45, 7) is 0. The van der Waals surface area contributed by atoms with Crippen LogP contribution >= 0.6 is 22.9 Å². The Balaban J connectivity index is 1.74. The standard InChI is InChI=1S/C20H10ClN3O4S/c21-14-9-11(24(26)27)5-6-12(14)16-7-8-17(28-16)19(25)13(10-22)20-23-15-3-1-2-4-18(15)29-20/h1-9,25H/b19-13-. The minimum Gasteiger partial charge on any atom is -0.503 e. The molecule has 0 saturated carbocycles. The van der Waals surface area contributed by atoms with Gasteiger partial charge in [0.15, 0.2) is 11.5 Å². The number of allylic oxidation sites excluding steroid dienone is 1. The lowest BCUT2D eigenvalue weighted by atomic mass is 10.1. The first-order valence-electron chi connectivity index (χ1n) is 8.21. The predicted octanol–water partition coefficient (Wildman–Crippen LogP) is 6.07. The van der Waals surface area contributed by atoms with Gasteiger partial charge in [-0.1, -0.05) is 23.7 Å². The van der Waals surface area contributed by atoms with Gasteiger partial charge < -0.3 is 9.52 Å². The third-order valence-electron chi connectivity index (χ3n) is 4.12. The molecular formula is C20H10ClN3O4S. The lowest BCUT2D eigenvalue weighted by Gasteiger charge is -2.02. The Labute approximate surface area is 172 Å². The van der Waals surface area contributed by atoms with E-state index in [1.54, 1.807) is 6.07 Å². The maximum Gasteiger partial charge on any atom is 0.270 e. The van der Waals surface area contributed by atoms with Gasteiger partial charge in [-0.3, -0.25) is 10.1 Å². The fourth-order valence-corrected chi connectivity index (χ4v) is 3.96. The molecule has 0 saturated heterocycles. The van der Waals surface area contributed by atoms with E-state index in [9.17, 15) is 20.5 Å². The van der Waals surface area contributed by atoms with Gasteiger partial charge in [0.2, 0.25) is 0 Å². The quantitative estimate of drug-likeness (QED) is 0.184. The normalized spacial score (nSPS) is 11.9. The summed E-state index contributed by atoms with van der Waals surface area (Å²) >= 11 is 7.41. The van der Waals surface area contributed by atoms with Crippen LogP contribution in [0.5, 0.6) is 0 Å². The van der Waals surface area contributed by atoms with Gasteiger partial charge in [0.05, 0.1) is 20.2 Å². The molecule has 0 radical (unpaired) electrons. The molecule has 0 atom stereocenters. The molecule has 0 fully saturated rings. The molecule has 1 N–H and O–H groups in total. The van der Waals surface area contributed by atoms with Gasteiger partial charge in [0.1, 0.15) is 22.4 Å². The molecule has 0 aliphatic heterocycles. The molecule has 0 bridgehead atoms. The number of hydrogen-bond acceptors (Lipinski definition) is 7. The van der Waals surface area contributed by atoms with Gasteiger partial charge in [0.25, 0.3) is 5.69 Å². The van der Waals surface area contributed by atoms with Crippen molar-refractivity contribution < 1.29 is 14.4 Å². The van der Waals surface area contributed by atoms with Crippen molar-refractivity contribution >= 4 is 50.2 Å². The molecule has 0 aliphatic rings. The monoisotopic (exact) mass is 423 g/mol. The van der Waals surface area contributed by atoms with Crippen molar-refractivity contribution in [3.05, 3.63) is 80.5 Å². The molecule has 0 spiro atoms. The first-order chi connectivity index (χ1) is 14.0. The van der Waals surface area contributed by atoms with Crippen LogP contribution in [-0.2, 0) is 0 Å². The number of nitro benzene ring substituents is 1. The zero-order valence-corrected chi connectivity index (χ0v) is 16.1. The number of furan rings is 1. The summed E-state index contributed by atoms with van der Waals surface area (Å²) in [5.41, 5.74) is 0.999. The van der Waals surface area contributed by atoms with E-state index in [-0.39, 0.29) is 27.8 Å². The highest BCUT2D eigenvalue weighted by molar-refractivity contribution is 7.19. The molecule has 2 heterocycles. The number of hydrogen-bond donors (Lipinski definition) is 1. The highest BCUT2D eigenvalue weighted by Gasteiger charge is 2.19. The number of thiazole rings is 1. The van der Waals surface area contributed by atoms with E-state index in [2.05, 4.69) is 4.98 Å². The van der Waals surface area contributed by atoms with Crippen LogP contribution in [0.15, 0.2) is 59.0 Å². The first-order valence-corrected chi connectivity index (χ1v) is 9.41. The second-order valence-electron chi connectivity index (χ2n) is 5.91. The van der Waals surface area contributed by atoms with Gasteiger partial charge in [-0.25, -0.2) is 4.98 Å². The fourth-order valence-electron chi connectivity index (χ4n) is 2.73. The number of non-ortho nitro benzene ring substituents is 1. The minimum atomic E-state index is -0.547. The number of aliphatic hydroxyl groups is 1. The highest BCUT2D eigenvalue weighted by atomic mass is 35.5. The molecular weight excluding hydrogens is 414 g/mol. The largest absolute Gasteiger partial charge is 0.503 e. The Bertz CT molecular complexity index is 1300. The maximum absolute atomic E-state index is 10.9. The first kappa shape index (κ1) is 18.7. The van der Waals surface area contributed by atoms with Crippen LogP contribution < -0.4 is 0 Å². The number of nitrogens with zero attached hydrogens (tertiary/aromatic N) is 3. The summed E-state index contributed by atoms with van der Waals surface area (Å²) in [5.74, 6) is 0.00843. The number of para-hydroxylation sites is 1. The summed E-state index contributed by atoms with van der Waals surface area (Å²) in [5, 5.41) is 31.5. The maximum atomic E-state index is 10.9. The molecule has 0 unspecified atom stereocenters. The van der Waals surface area contributed by atoms with E-state index in [1.807, 2.05) is 30.3 Å². The van der Waals surface area contributed by atoms with Crippen LogP contribution in [0.25, 0.3) is 32.9 Å². The number of nitriles is 1. The summed E-state index contributed by atoms with van der Waals surface area (Å²) in [7, 11) is 0. The van der Waals surface area contributed by atoms with E-state index in [4.69, 9.17) is 16.0 Å². The van der Waals surface area contributed by atoms with E-state index in [0.29, 0.717) is 16.3 Å². The number of halogens is 1. The SMILES string of the molecule is N#C/C(=C(/O)c1ccc(-c2ccc([N+](=O)[O-])cc2Cl)o1)c1nc2ccccc2s1. The molecule has 0 amide bonds. The van der Waals surface area contributed by atoms with Crippen molar-refractivity contribution in [3.63, 3.8) is 0 Å². The van der Waals surface area contributed by atoms with Crippen LogP contribution in [-0.4, -0.2) is 15.0 Å². The molecule has 9 heteroatoms. The van der Waals surface area contributed by atoms with E-state index >= 15 is 0 Å². The van der Waals surface area contributed by atoms with Crippen molar-refractivity contribution in [2.24, 2.45) is 0 Å². The smallest absolute Gasteiger partial charge is 0.270 e. The van der Waals surface area contributed by atoms with Crippen LogP contribution in [0.3, 0.4) is 0 Å². The van der Waals surface area contributed by atoms with Crippen LogP contribution in [0.1, 0.15) is 10.8 Å². The molecule has 2 aromatic carbocycles. The minimum absolute atomic E-state index is 0.0121. The molecule has 2 aromatic heterocycles. The topological polar surface area (TPSA) is 113 Å². The Morgan fingerprint density at radius 2 is 2.03 bits per heavy atom. The van der Waals surface area contributed by atoms with Crippen molar-refractivity contribution in [1.82, 2.24) is 4.98 Å². The average Bonchev–Trinajstić information content (AvgIpc) is 3.35. The number of aliphatic hydroxyl groups excluding tert-OH is 1. The van der Waals surface area contributed by atoms with Crippen molar-refractivity contribution in [2.75, 3.05) is 0 Å². The number of aromatic nitrogens is 1. The Hall–Kier alpha value is -3.67. The van der Waals surface area contributed by atoms with Crippen LogP contribution in [0, 0.1) is 21.4 Å². The molecule has 0 aliphatic carbocycles. The van der Waals surface area contributed by atoms with Crippen molar-refractivity contribution in [1.29, 1.82) is 5.26 Å².